The Kier molecular flexibility index (Phi) is 4.61. The Hall–Kier alpha value is -1.06. The summed E-state index contributed by atoms with van der Waals surface area (Å²) in [5.74, 6) is 0.824. The molecule has 3 unspecified atom stereocenters. The van der Waals surface area contributed by atoms with E-state index in [0.717, 1.165) is 37.0 Å². The normalized spacial score (nSPS) is 26.4. The first-order valence-corrected chi connectivity index (χ1v) is 6.87. The molecule has 1 aliphatic carbocycles. The molecule has 3 nitrogen and oxygen atoms in total. The fraction of sp³-hybridized carbons (Fsp3) is 0.600. The molecule has 1 aromatic rings. The summed E-state index contributed by atoms with van der Waals surface area (Å²) in [6, 6.07) is 7.90. The van der Waals surface area contributed by atoms with Crippen LogP contribution in [0.4, 0.5) is 0 Å². The minimum Gasteiger partial charge on any atom is -0.488 e. The van der Waals surface area contributed by atoms with Gasteiger partial charge >= 0.3 is 0 Å². The third kappa shape index (κ3) is 3.47. The third-order valence-electron chi connectivity index (χ3n) is 3.61. The van der Waals surface area contributed by atoms with Crippen LogP contribution in [0.25, 0.3) is 0 Å². The Morgan fingerprint density at radius 1 is 1.17 bits per heavy atom. The average Bonchev–Trinajstić information content (AvgIpc) is 2.56. The first kappa shape index (κ1) is 13.4. The molecule has 0 spiro atoms. The average molecular weight is 249 g/mol. The second-order valence-corrected chi connectivity index (χ2v) is 5.22. The Labute approximate surface area is 109 Å². The van der Waals surface area contributed by atoms with E-state index in [0.29, 0.717) is 0 Å². The van der Waals surface area contributed by atoms with Crippen LogP contribution in [0.5, 0.6) is 5.75 Å². The topological polar surface area (TPSA) is 55.5 Å². The van der Waals surface area contributed by atoms with Crippen molar-refractivity contribution in [3.05, 3.63) is 29.8 Å². The molecular formula is C15H23NO2. The third-order valence-corrected chi connectivity index (χ3v) is 3.61. The van der Waals surface area contributed by atoms with Crippen LogP contribution >= 0.6 is 0 Å². The van der Waals surface area contributed by atoms with E-state index >= 15 is 0 Å². The summed E-state index contributed by atoms with van der Waals surface area (Å²) < 4.78 is 5.89. The van der Waals surface area contributed by atoms with Crippen molar-refractivity contribution in [1.29, 1.82) is 0 Å². The number of aliphatic hydroxyl groups is 1. The molecule has 3 N–H and O–H groups in total. The monoisotopic (exact) mass is 249 g/mol. The van der Waals surface area contributed by atoms with Gasteiger partial charge in [-0.2, -0.15) is 0 Å². The predicted octanol–water partition coefficient (Wildman–Crippen LogP) is 2.78. The highest BCUT2D eigenvalue weighted by Crippen LogP contribution is 2.24. The van der Waals surface area contributed by atoms with Crippen molar-refractivity contribution in [2.24, 2.45) is 5.73 Å². The summed E-state index contributed by atoms with van der Waals surface area (Å²) in [7, 11) is 0. The van der Waals surface area contributed by atoms with Gasteiger partial charge in [-0.1, -0.05) is 25.0 Å². The molecule has 1 saturated carbocycles. The molecule has 1 fully saturated rings. The fourth-order valence-corrected chi connectivity index (χ4v) is 2.42. The van der Waals surface area contributed by atoms with E-state index in [1.165, 1.54) is 6.42 Å². The fourth-order valence-electron chi connectivity index (χ4n) is 2.42. The Bertz CT molecular complexity index is 361. The quantitative estimate of drug-likeness (QED) is 0.810. The van der Waals surface area contributed by atoms with Gasteiger partial charge in [0.2, 0.25) is 0 Å². The van der Waals surface area contributed by atoms with Gasteiger partial charge in [-0.3, -0.25) is 0 Å². The van der Waals surface area contributed by atoms with Gasteiger partial charge in [-0.25, -0.2) is 0 Å². The van der Waals surface area contributed by atoms with Gasteiger partial charge in [-0.15, -0.1) is 0 Å². The molecule has 0 saturated heterocycles. The van der Waals surface area contributed by atoms with Crippen molar-refractivity contribution >= 4 is 0 Å². The Morgan fingerprint density at radius 3 is 2.50 bits per heavy atom. The molecule has 100 valence electrons. The van der Waals surface area contributed by atoms with Gasteiger partial charge in [0.15, 0.2) is 0 Å². The van der Waals surface area contributed by atoms with Crippen molar-refractivity contribution in [3.8, 4) is 5.75 Å². The zero-order valence-electron chi connectivity index (χ0n) is 11.0. The van der Waals surface area contributed by atoms with E-state index in [1.54, 1.807) is 0 Å². The van der Waals surface area contributed by atoms with Gasteiger partial charge in [0, 0.05) is 6.04 Å². The van der Waals surface area contributed by atoms with E-state index in [1.807, 2.05) is 31.2 Å². The van der Waals surface area contributed by atoms with Crippen LogP contribution in [-0.4, -0.2) is 17.3 Å². The highest BCUT2D eigenvalue weighted by Gasteiger charge is 2.23. The van der Waals surface area contributed by atoms with Crippen molar-refractivity contribution in [1.82, 2.24) is 0 Å². The molecular weight excluding hydrogens is 226 g/mol. The first-order chi connectivity index (χ1) is 8.66. The molecule has 18 heavy (non-hydrogen) atoms. The zero-order chi connectivity index (χ0) is 13.0. The smallest absolute Gasteiger partial charge is 0.124 e. The molecule has 0 bridgehead atoms. The standard InChI is InChI=1S/C15H23NO2/c1-11(16)12-7-9-13(10-8-12)18-15-6-4-2-3-5-14(15)17/h7-11,14-15,17H,2-6,16H2,1H3. The van der Waals surface area contributed by atoms with E-state index < -0.39 is 0 Å². The number of aliphatic hydroxyl groups excluding tert-OH is 1. The molecule has 1 aromatic carbocycles. The van der Waals surface area contributed by atoms with Crippen LogP contribution in [0.15, 0.2) is 24.3 Å². The molecule has 0 aromatic heterocycles. The highest BCUT2D eigenvalue weighted by atomic mass is 16.5. The lowest BCUT2D eigenvalue weighted by Gasteiger charge is -2.22. The van der Waals surface area contributed by atoms with E-state index in [2.05, 4.69) is 0 Å². The van der Waals surface area contributed by atoms with Crippen molar-refractivity contribution in [2.45, 2.75) is 57.3 Å². The maximum absolute atomic E-state index is 10.0. The number of nitrogens with two attached hydrogens (primary N) is 1. The lowest BCUT2D eigenvalue weighted by Crippen LogP contribution is -2.30. The lowest BCUT2D eigenvalue weighted by atomic mass is 10.1. The number of ether oxygens (including phenoxy) is 1. The van der Waals surface area contributed by atoms with Crippen molar-refractivity contribution < 1.29 is 9.84 Å². The van der Waals surface area contributed by atoms with Crippen LogP contribution in [0, 0.1) is 0 Å². The van der Waals surface area contributed by atoms with Crippen molar-refractivity contribution in [2.75, 3.05) is 0 Å². The summed E-state index contributed by atoms with van der Waals surface area (Å²) >= 11 is 0. The second-order valence-electron chi connectivity index (χ2n) is 5.22. The second kappa shape index (κ2) is 6.21. The minimum absolute atomic E-state index is 0.0440. The first-order valence-electron chi connectivity index (χ1n) is 6.87. The summed E-state index contributed by atoms with van der Waals surface area (Å²) in [5, 5.41) is 10.0. The van der Waals surface area contributed by atoms with E-state index in [9.17, 15) is 5.11 Å². The van der Waals surface area contributed by atoms with Gasteiger partial charge in [-0.05, 0) is 43.9 Å². The zero-order valence-corrected chi connectivity index (χ0v) is 11.0. The molecule has 3 atom stereocenters. The summed E-state index contributed by atoms with van der Waals surface area (Å²) in [5.41, 5.74) is 6.91. The molecule has 3 heteroatoms. The molecule has 2 rings (SSSR count). The SMILES string of the molecule is CC(N)c1ccc(OC2CCCCCC2O)cc1. The van der Waals surface area contributed by atoms with Gasteiger partial charge in [0.25, 0.3) is 0 Å². The number of hydrogen-bond acceptors (Lipinski definition) is 3. The predicted molar refractivity (Wildman–Crippen MR) is 72.6 cm³/mol. The largest absolute Gasteiger partial charge is 0.488 e. The van der Waals surface area contributed by atoms with E-state index in [-0.39, 0.29) is 18.2 Å². The van der Waals surface area contributed by atoms with Gasteiger partial charge in [0.05, 0.1) is 6.10 Å². The maximum Gasteiger partial charge on any atom is 0.124 e. The van der Waals surface area contributed by atoms with Gasteiger partial charge in [0.1, 0.15) is 11.9 Å². The summed E-state index contributed by atoms with van der Waals surface area (Å²) in [4.78, 5) is 0. The lowest BCUT2D eigenvalue weighted by molar-refractivity contribution is 0.0320. The number of benzene rings is 1. The van der Waals surface area contributed by atoms with Crippen LogP contribution < -0.4 is 10.5 Å². The maximum atomic E-state index is 10.0. The summed E-state index contributed by atoms with van der Waals surface area (Å²) in [6.07, 6.45) is 4.83. The number of hydrogen-bond donors (Lipinski definition) is 2. The number of rotatable bonds is 3. The summed E-state index contributed by atoms with van der Waals surface area (Å²) in [6.45, 7) is 1.96. The molecule has 1 aliphatic rings. The van der Waals surface area contributed by atoms with Crippen LogP contribution in [0.2, 0.25) is 0 Å². The molecule has 0 amide bonds. The Balaban J connectivity index is 1.99. The van der Waals surface area contributed by atoms with Crippen LogP contribution in [-0.2, 0) is 0 Å². The van der Waals surface area contributed by atoms with Gasteiger partial charge < -0.3 is 15.6 Å². The van der Waals surface area contributed by atoms with Crippen LogP contribution in [0.1, 0.15) is 50.6 Å². The molecule has 0 aliphatic heterocycles. The van der Waals surface area contributed by atoms with E-state index in [4.69, 9.17) is 10.5 Å². The van der Waals surface area contributed by atoms with Crippen molar-refractivity contribution in [3.63, 3.8) is 0 Å². The Morgan fingerprint density at radius 2 is 1.83 bits per heavy atom. The minimum atomic E-state index is -0.333. The molecule has 0 radical (unpaired) electrons. The highest BCUT2D eigenvalue weighted by molar-refractivity contribution is 5.29. The van der Waals surface area contributed by atoms with Crippen LogP contribution in [0.3, 0.4) is 0 Å². The molecule has 0 heterocycles.